The Morgan fingerprint density at radius 2 is 1.93 bits per heavy atom. The second-order valence-electron chi connectivity index (χ2n) is 5.95. The van der Waals surface area contributed by atoms with Crippen LogP contribution in [0.2, 0.25) is 5.02 Å². The lowest BCUT2D eigenvalue weighted by molar-refractivity contribution is 0.0950. The molecule has 1 amide bonds. The Balaban J connectivity index is 2.24. The predicted octanol–water partition coefficient (Wildman–Crippen LogP) is 1.94. The summed E-state index contributed by atoms with van der Waals surface area (Å²) in [6, 6.07) is 11.9. The van der Waals surface area contributed by atoms with Crippen molar-refractivity contribution < 1.29 is 19.7 Å². The second kappa shape index (κ2) is 10.5. The first-order chi connectivity index (χ1) is 13.5. The van der Waals surface area contributed by atoms with Gasteiger partial charge < -0.3 is 25.2 Å². The average molecular weight is 404 g/mol. The summed E-state index contributed by atoms with van der Waals surface area (Å²) in [5.41, 5.74) is 2.24. The van der Waals surface area contributed by atoms with Crippen molar-refractivity contribution in [3.8, 4) is 11.8 Å². The molecular weight excluding hydrogens is 382 g/mol. The molecule has 3 N–H and O–H groups in total. The molecule has 0 aliphatic heterocycles. The van der Waals surface area contributed by atoms with Gasteiger partial charge in [0.15, 0.2) is 0 Å². The van der Waals surface area contributed by atoms with Crippen molar-refractivity contribution >= 4 is 23.2 Å². The van der Waals surface area contributed by atoms with Crippen LogP contribution in [0, 0.1) is 11.3 Å². The fraction of sp³-hybridized carbons (Fsp3) is 0.300. The van der Waals surface area contributed by atoms with Gasteiger partial charge in [-0.3, -0.25) is 4.79 Å². The van der Waals surface area contributed by atoms with Gasteiger partial charge in [-0.15, -0.1) is 0 Å². The van der Waals surface area contributed by atoms with E-state index in [0.717, 1.165) is 5.56 Å². The lowest BCUT2D eigenvalue weighted by Gasteiger charge is -2.26. The van der Waals surface area contributed by atoms with Crippen LogP contribution < -0.4 is 15.0 Å². The van der Waals surface area contributed by atoms with E-state index >= 15 is 0 Å². The van der Waals surface area contributed by atoms with Crippen LogP contribution >= 0.6 is 11.6 Å². The van der Waals surface area contributed by atoms with Crippen molar-refractivity contribution in [2.45, 2.75) is 6.54 Å². The number of nitrogens with zero attached hydrogens (tertiary/aromatic N) is 2. The number of nitriles is 1. The number of nitrogens with one attached hydrogen (secondary N) is 1. The Hall–Kier alpha value is -2.79. The number of aliphatic hydroxyl groups is 2. The summed E-state index contributed by atoms with van der Waals surface area (Å²) in [5, 5.41) is 31.0. The average Bonchev–Trinajstić information content (AvgIpc) is 2.71. The largest absolute Gasteiger partial charge is 0.497 e. The zero-order chi connectivity index (χ0) is 20.5. The number of hydrogen-bond donors (Lipinski definition) is 3. The van der Waals surface area contributed by atoms with Crippen LogP contribution in [0.15, 0.2) is 36.4 Å². The molecule has 0 fully saturated rings. The molecule has 2 aromatic rings. The van der Waals surface area contributed by atoms with E-state index in [1.807, 2.05) is 0 Å². The minimum absolute atomic E-state index is 0.106. The van der Waals surface area contributed by atoms with Crippen LogP contribution in [0.3, 0.4) is 0 Å². The van der Waals surface area contributed by atoms with E-state index in [1.54, 1.807) is 41.3 Å². The topological polar surface area (TPSA) is 106 Å². The summed E-state index contributed by atoms with van der Waals surface area (Å²) in [4.78, 5) is 14.3. The smallest absolute Gasteiger partial charge is 0.251 e. The number of carbonyl (C=O) groups is 1. The van der Waals surface area contributed by atoms with Gasteiger partial charge in [-0.2, -0.15) is 5.26 Å². The highest BCUT2D eigenvalue weighted by molar-refractivity contribution is 6.31. The molecule has 0 saturated heterocycles. The Morgan fingerprint density at radius 1 is 1.21 bits per heavy atom. The number of carbonyl (C=O) groups excluding carboxylic acids is 1. The van der Waals surface area contributed by atoms with Gasteiger partial charge in [-0.1, -0.05) is 17.7 Å². The van der Waals surface area contributed by atoms with Crippen molar-refractivity contribution in [3.63, 3.8) is 0 Å². The molecule has 0 spiro atoms. The normalized spacial score (nSPS) is 10.2. The second-order valence-corrected chi connectivity index (χ2v) is 6.39. The van der Waals surface area contributed by atoms with E-state index in [1.165, 1.54) is 7.11 Å². The lowest BCUT2D eigenvalue weighted by Crippen LogP contribution is -2.32. The summed E-state index contributed by atoms with van der Waals surface area (Å²) in [5.74, 6) is 0.153. The molecule has 0 aromatic heterocycles. The van der Waals surface area contributed by atoms with Crippen LogP contribution in [0.5, 0.6) is 5.75 Å². The predicted molar refractivity (Wildman–Crippen MR) is 107 cm³/mol. The molecule has 28 heavy (non-hydrogen) atoms. The number of aliphatic hydroxyl groups excluding tert-OH is 2. The van der Waals surface area contributed by atoms with E-state index in [2.05, 4.69) is 11.4 Å². The van der Waals surface area contributed by atoms with Gasteiger partial charge in [0.25, 0.3) is 5.91 Å². The Morgan fingerprint density at radius 3 is 2.54 bits per heavy atom. The molecule has 0 aliphatic carbocycles. The molecule has 148 valence electrons. The Labute approximate surface area is 168 Å². The van der Waals surface area contributed by atoms with E-state index < -0.39 is 0 Å². The minimum Gasteiger partial charge on any atom is -0.497 e. The molecule has 0 aliphatic rings. The molecular formula is C20H22ClN3O4. The quantitative estimate of drug-likeness (QED) is 0.591. The molecule has 0 heterocycles. The van der Waals surface area contributed by atoms with E-state index in [4.69, 9.17) is 16.3 Å². The monoisotopic (exact) mass is 403 g/mol. The summed E-state index contributed by atoms with van der Waals surface area (Å²) in [6.45, 7) is 0.571. The fourth-order valence-electron chi connectivity index (χ4n) is 2.76. The van der Waals surface area contributed by atoms with Gasteiger partial charge in [0.2, 0.25) is 0 Å². The number of anilines is 1. The van der Waals surface area contributed by atoms with Crippen molar-refractivity contribution in [2.24, 2.45) is 0 Å². The molecule has 2 aromatic carbocycles. The first-order valence-corrected chi connectivity index (χ1v) is 9.02. The SMILES string of the molecule is COc1cc(Cl)cc(C(=O)NCc2ccc(C#N)cc2N(CCO)CCO)c1. The summed E-state index contributed by atoms with van der Waals surface area (Å²) in [7, 11) is 1.49. The maximum atomic E-state index is 12.5. The number of methoxy groups -OCH3 is 1. The van der Waals surface area contributed by atoms with Crippen molar-refractivity contribution in [1.29, 1.82) is 5.26 Å². The van der Waals surface area contributed by atoms with Crippen LogP contribution in [0.25, 0.3) is 0 Å². The van der Waals surface area contributed by atoms with E-state index in [9.17, 15) is 20.3 Å². The van der Waals surface area contributed by atoms with Crippen molar-refractivity contribution in [1.82, 2.24) is 5.32 Å². The van der Waals surface area contributed by atoms with Gasteiger partial charge in [0.1, 0.15) is 5.75 Å². The number of hydrogen-bond acceptors (Lipinski definition) is 6. The lowest BCUT2D eigenvalue weighted by atomic mass is 10.1. The molecule has 8 heteroatoms. The van der Waals surface area contributed by atoms with Gasteiger partial charge in [0, 0.05) is 35.9 Å². The molecule has 7 nitrogen and oxygen atoms in total. The van der Waals surface area contributed by atoms with Crippen LogP contribution in [-0.4, -0.2) is 49.5 Å². The zero-order valence-corrected chi connectivity index (χ0v) is 16.2. The van der Waals surface area contributed by atoms with Crippen molar-refractivity contribution in [2.75, 3.05) is 38.3 Å². The standard InChI is InChI=1S/C20H22ClN3O4/c1-28-18-10-16(9-17(21)11-18)20(27)23-13-15-3-2-14(12-22)8-19(15)24(4-6-25)5-7-26/h2-3,8-11,25-26H,4-7,13H2,1H3,(H,23,27). The van der Waals surface area contributed by atoms with Gasteiger partial charge in [0.05, 0.1) is 32.0 Å². The van der Waals surface area contributed by atoms with E-state index in [0.29, 0.717) is 40.7 Å². The number of rotatable bonds is 9. The number of benzene rings is 2. The highest BCUT2D eigenvalue weighted by Crippen LogP contribution is 2.23. The third kappa shape index (κ3) is 5.60. The first kappa shape index (κ1) is 21.5. The minimum atomic E-state index is -0.327. The Kier molecular flexibility index (Phi) is 8.08. The van der Waals surface area contributed by atoms with Crippen LogP contribution in [0.4, 0.5) is 5.69 Å². The van der Waals surface area contributed by atoms with Gasteiger partial charge in [-0.25, -0.2) is 0 Å². The molecule has 0 radical (unpaired) electrons. The molecule has 0 bridgehead atoms. The van der Waals surface area contributed by atoms with Gasteiger partial charge >= 0.3 is 0 Å². The van der Waals surface area contributed by atoms with Crippen molar-refractivity contribution in [3.05, 3.63) is 58.1 Å². The molecule has 0 saturated carbocycles. The number of ether oxygens (including phenoxy) is 1. The summed E-state index contributed by atoms with van der Waals surface area (Å²) in [6.07, 6.45) is 0. The zero-order valence-electron chi connectivity index (χ0n) is 15.5. The first-order valence-electron chi connectivity index (χ1n) is 8.64. The maximum Gasteiger partial charge on any atom is 0.251 e. The third-order valence-corrected chi connectivity index (χ3v) is 4.32. The van der Waals surface area contributed by atoms with Crippen LogP contribution in [-0.2, 0) is 6.54 Å². The molecule has 0 atom stereocenters. The van der Waals surface area contributed by atoms with Crippen LogP contribution in [0.1, 0.15) is 21.5 Å². The highest BCUT2D eigenvalue weighted by atomic mass is 35.5. The highest BCUT2D eigenvalue weighted by Gasteiger charge is 2.14. The number of amides is 1. The number of halogens is 1. The molecule has 0 unspecified atom stereocenters. The fourth-order valence-corrected chi connectivity index (χ4v) is 2.99. The summed E-state index contributed by atoms with van der Waals surface area (Å²) < 4.78 is 5.13. The summed E-state index contributed by atoms with van der Waals surface area (Å²) >= 11 is 6.02. The Bertz CT molecular complexity index is 861. The maximum absolute atomic E-state index is 12.5. The van der Waals surface area contributed by atoms with Gasteiger partial charge in [-0.05, 0) is 35.9 Å². The molecule has 2 rings (SSSR count). The third-order valence-electron chi connectivity index (χ3n) is 4.10. The van der Waals surface area contributed by atoms with E-state index in [-0.39, 0.29) is 25.7 Å².